The number of hydrogen-bond acceptors (Lipinski definition) is 3. The zero-order chi connectivity index (χ0) is 18.4. The molecule has 0 saturated carbocycles. The van der Waals surface area contributed by atoms with Crippen LogP contribution in [0.1, 0.15) is 110 Å². The van der Waals surface area contributed by atoms with Crippen LogP contribution < -0.4 is 0 Å². The summed E-state index contributed by atoms with van der Waals surface area (Å²) in [5.74, 6) is 2.13. The van der Waals surface area contributed by atoms with Crippen molar-refractivity contribution in [2.45, 2.75) is 116 Å². The minimum atomic E-state index is 0.0195. The van der Waals surface area contributed by atoms with Crippen LogP contribution in [0, 0.1) is 0 Å². The molecule has 0 aliphatic carbocycles. The highest BCUT2D eigenvalue weighted by molar-refractivity contribution is 7.99. The first-order valence-corrected chi connectivity index (χ1v) is 12.2. The van der Waals surface area contributed by atoms with E-state index in [1.807, 2.05) is 11.8 Å². The van der Waals surface area contributed by atoms with Gasteiger partial charge in [-0.3, -0.25) is 0 Å². The third kappa shape index (κ3) is 20.4. The predicted molar refractivity (Wildman–Crippen MR) is 115 cm³/mol. The van der Waals surface area contributed by atoms with E-state index in [0.717, 1.165) is 5.75 Å². The van der Waals surface area contributed by atoms with E-state index in [0.29, 0.717) is 0 Å². The summed E-state index contributed by atoms with van der Waals surface area (Å²) in [4.78, 5) is 0. The Hall–Kier alpha value is 0.270. The Bertz CT molecular complexity index is 232. The van der Waals surface area contributed by atoms with Gasteiger partial charge in [0.15, 0.2) is 0 Å². The van der Waals surface area contributed by atoms with Gasteiger partial charge in [0.2, 0.25) is 0 Å². The van der Waals surface area contributed by atoms with Crippen molar-refractivity contribution in [2.24, 2.45) is 0 Å². The Kier molecular flexibility index (Phi) is 22.6. The van der Waals surface area contributed by atoms with Gasteiger partial charge >= 0.3 is 0 Å². The second-order valence-electron chi connectivity index (χ2n) is 7.42. The van der Waals surface area contributed by atoms with Crippen molar-refractivity contribution >= 4 is 11.8 Å². The number of thioether (sulfide) groups is 1. The Balaban J connectivity index is 3.03. The highest BCUT2D eigenvalue weighted by Crippen LogP contribution is 2.14. The van der Waals surface area contributed by atoms with Gasteiger partial charge in [-0.25, -0.2) is 0 Å². The fourth-order valence-electron chi connectivity index (χ4n) is 3.16. The minimum Gasteiger partial charge on any atom is -0.394 e. The lowest BCUT2D eigenvalue weighted by atomic mass is 10.0. The molecule has 0 rings (SSSR count). The van der Waals surface area contributed by atoms with Gasteiger partial charge in [0, 0.05) is 12.9 Å². The zero-order valence-corrected chi connectivity index (χ0v) is 18.1. The summed E-state index contributed by atoms with van der Waals surface area (Å²) >= 11 is 1.91. The number of ether oxygens (including phenoxy) is 1. The lowest BCUT2D eigenvalue weighted by molar-refractivity contribution is 0.0656. The molecule has 0 spiro atoms. The molecule has 0 fully saturated rings. The van der Waals surface area contributed by atoms with Crippen LogP contribution in [-0.4, -0.2) is 36.4 Å². The van der Waals surface area contributed by atoms with Gasteiger partial charge in [-0.2, -0.15) is 11.8 Å². The van der Waals surface area contributed by atoms with E-state index >= 15 is 0 Å². The maximum absolute atomic E-state index is 9.03. The van der Waals surface area contributed by atoms with Gasteiger partial charge in [-0.05, 0) is 12.2 Å². The molecule has 0 radical (unpaired) electrons. The third-order valence-electron chi connectivity index (χ3n) is 4.98. The molecule has 1 N–H and O–H groups in total. The first kappa shape index (κ1) is 25.3. The summed E-state index contributed by atoms with van der Waals surface area (Å²) in [6.07, 6.45) is 22.8. The lowest BCUT2D eigenvalue weighted by Gasteiger charge is -2.11. The van der Waals surface area contributed by atoms with E-state index in [2.05, 4.69) is 6.92 Å². The SMILES string of the molecule is CCCCCCCCCCCCCCCCCCSCC(CO)OC. The van der Waals surface area contributed by atoms with Crippen LogP contribution in [0.4, 0.5) is 0 Å². The molecule has 1 atom stereocenters. The maximum atomic E-state index is 9.03. The molecule has 0 aliphatic rings. The van der Waals surface area contributed by atoms with Crippen molar-refractivity contribution in [3.8, 4) is 0 Å². The van der Waals surface area contributed by atoms with Crippen molar-refractivity contribution in [1.29, 1.82) is 0 Å². The average Bonchev–Trinajstić information content (AvgIpc) is 2.64. The molecular formula is C22H46O2S. The van der Waals surface area contributed by atoms with Crippen LogP contribution in [0.3, 0.4) is 0 Å². The molecule has 25 heavy (non-hydrogen) atoms. The first-order chi connectivity index (χ1) is 12.3. The van der Waals surface area contributed by atoms with E-state index in [4.69, 9.17) is 9.84 Å². The molecule has 0 saturated heterocycles. The average molecular weight is 375 g/mol. The second-order valence-corrected chi connectivity index (χ2v) is 8.57. The quantitative estimate of drug-likeness (QED) is 0.220. The molecule has 3 heteroatoms. The second kappa shape index (κ2) is 22.3. The minimum absolute atomic E-state index is 0.0195. The van der Waals surface area contributed by atoms with Crippen LogP contribution in [0.25, 0.3) is 0 Å². The molecule has 0 aromatic heterocycles. The molecule has 0 aromatic carbocycles. The maximum Gasteiger partial charge on any atom is 0.0892 e. The molecular weight excluding hydrogens is 328 g/mol. The number of aliphatic hydroxyl groups is 1. The van der Waals surface area contributed by atoms with Crippen LogP contribution in [-0.2, 0) is 4.74 Å². The molecule has 0 aromatic rings. The smallest absolute Gasteiger partial charge is 0.0892 e. The van der Waals surface area contributed by atoms with E-state index in [9.17, 15) is 0 Å². The highest BCUT2D eigenvalue weighted by Gasteiger charge is 2.04. The third-order valence-corrected chi connectivity index (χ3v) is 6.17. The van der Waals surface area contributed by atoms with Crippen molar-refractivity contribution in [3.05, 3.63) is 0 Å². The van der Waals surface area contributed by atoms with E-state index in [1.54, 1.807) is 7.11 Å². The van der Waals surface area contributed by atoms with Gasteiger partial charge in [0.1, 0.15) is 0 Å². The topological polar surface area (TPSA) is 29.5 Å². The summed E-state index contributed by atoms with van der Waals surface area (Å²) in [7, 11) is 1.68. The van der Waals surface area contributed by atoms with Crippen LogP contribution in [0.5, 0.6) is 0 Å². The van der Waals surface area contributed by atoms with Crippen LogP contribution >= 0.6 is 11.8 Å². The van der Waals surface area contributed by atoms with Gasteiger partial charge in [-0.1, -0.05) is 103 Å². The fraction of sp³-hybridized carbons (Fsp3) is 1.00. The first-order valence-electron chi connectivity index (χ1n) is 11.1. The number of unbranched alkanes of at least 4 members (excludes halogenated alkanes) is 15. The lowest BCUT2D eigenvalue weighted by Crippen LogP contribution is -2.18. The standard InChI is InChI=1S/C22H46O2S/c1-3-4-5-6-7-8-9-10-11-12-13-14-15-16-17-18-19-25-21-22(20-23)24-2/h22-23H,3-21H2,1-2H3. The van der Waals surface area contributed by atoms with Crippen molar-refractivity contribution in [3.63, 3.8) is 0 Å². The summed E-state index contributed by atoms with van der Waals surface area (Å²) in [6.45, 7) is 2.43. The molecule has 0 aliphatic heterocycles. The number of aliphatic hydroxyl groups excluding tert-OH is 1. The summed E-state index contributed by atoms with van der Waals surface area (Å²) in [5.41, 5.74) is 0. The predicted octanol–water partition coefficient (Wildman–Crippen LogP) is 6.99. The van der Waals surface area contributed by atoms with E-state index in [1.165, 1.54) is 108 Å². The van der Waals surface area contributed by atoms with E-state index in [-0.39, 0.29) is 12.7 Å². The Morgan fingerprint density at radius 2 is 1.08 bits per heavy atom. The molecule has 0 amide bonds. The largest absolute Gasteiger partial charge is 0.394 e. The Labute approximate surface area is 162 Å². The van der Waals surface area contributed by atoms with Gasteiger partial charge < -0.3 is 9.84 Å². The number of hydrogen-bond donors (Lipinski definition) is 1. The molecule has 152 valence electrons. The van der Waals surface area contributed by atoms with Crippen molar-refractivity contribution in [2.75, 3.05) is 25.2 Å². The summed E-state index contributed by atoms with van der Waals surface area (Å²) in [6, 6.07) is 0. The molecule has 0 bridgehead atoms. The highest BCUT2D eigenvalue weighted by atomic mass is 32.2. The summed E-state index contributed by atoms with van der Waals surface area (Å²) in [5, 5.41) is 9.03. The zero-order valence-electron chi connectivity index (χ0n) is 17.3. The van der Waals surface area contributed by atoms with E-state index < -0.39 is 0 Å². The number of methoxy groups -OCH3 is 1. The monoisotopic (exact) mass is 374 g/mol. The Morgan fingerprint density at radius 1 is 0.680 bits per heavy atom. The molecule has 0 heterocycles. The normalized spacial score (nSPS) is 12.6. The van der Waals surface area contributed by atoms with Gasteiger partial charge in [0.05, 0.1) is 12.7 Å². The molecule has 2 nitrogen and oxygen atoms in total. The van der Waals surface area contributed by atoms with Gasteiger partial charge in [-0.15, -0.1) is 0 Å². The fourth-order valence-corrected chi connectivity index (χ4v) is 4.24. The van der Waals surface area contributed by atoms with Crippen molar-refractivity contribution in [1.82, 2.24) is 0 Å². The van der Waals surface area contributed by atoms with Crippen LogP contribution in [0.2, 0.25) is 0 Å². The summed E-state index contributed by atoms with van der Waals surface area (Å²) < 4.78 is 5.16. The molecule has 1 unspecified atom stereocenters. The van der Waals surface area contributed by atoms with Crippen molar-refractivity contribution < 1.29 is 9.84 Å². The van der Waals surface area contributed by atoms with Gasteiger partial charge in [0.25, 0.3) is 0 Å². The Morgan fingerprint density at radius 3 is 1.44 bits per heavy atom. The van der Waals surface area contributed by atoms with Crippen LogP contribution in [0.15, 0.2) is 0 Å². The number of rotatable bonds is 21.